The summed E-state index contributed by atoms with van der Waals surface area (Å²) in [5.74, 6) is -0.127. The Morgan fingerprint density at radius 1 is 0.883 bits per heavy atom. The van der Waals surface area contributed by atoms with Crippen molar-refractivity contribution in [1.29, 1.82) is 10.8 Å². The van der Waals surface area contributed by atoms with Crippen molar-refractivity contribution in [3.8, 4) is 5.75 Å². The molecule has 437 valence electrons. The summed E-state index contributed by atoms with van der Waals surface area (Å²) < 4.78 is 23.6. The van der Waals surface area contributed by atoms with Crippen LogP contribution in [-0.4, -0.2) is 162 Å². The Bertz CT molecular complexity index is 1930. The van der Waals surface area contributed by atoms with Gasteiger partial charge in [-0.3, -0.25) is 35.3 Å². The van der Waals surface area contributed by atoms with E-state index >= 15 is 0 Å². The zero-order valence-electron chi connectivity index (χ0n) is 45.4. The molecule has 77 heavy (non-hydrogen) atoms. The molecule has 3 amide bonds. The Balaban J connectivity index is 0. The van der Waals surface area contributed by atoms with Crippen LogP contribution in [0.2, 0.25) is 0 Å². The quantitative estimate of drug-likeness (QED) is 0.0152. The number of aliphatic carboxylic acids is 1. The van der Waals surface area contributed by atoms with E-state index in [1.165, 1.54) is 19.1 Å². The number of phenols is 1. The summed E-state index contributed by atoms with van der Waals surface area (Å²) in [6.07, 6.45) is 6.48. The van der Waals surface area contributed by atoms with Gasteiger partial charge in [0.1, 0.15) is 41.4 Å². The number of nitrogen functional groups attached to an aromatic ring is 1. The molecule has 1 saturated carbocycles. The van der Waals surface area contributed by atoms with E-state index in [9.17, 15) is 24.3 Å². The first-order valence-corrected chi connectivity index (χ1v) is 25.8. The molecule has 1 fully saturated rings. The number of aliphatic hydroxyl groups is 1. The van der Waals surface area contributed by atoms with Gasteiger partial charge in [0.05, 0.1) is 51.8 Å². The van der Waals surface area contributed by atoms with E-state index < -0.39 is 30.1 Å². The summed E-state index contributed by atoms with van der Waals surface area (Å²) in [6.45, 7) is 11.8. The molecular formula is C50H88N12O13WY-2. The SMILES string of the molecule is CC(O)C(NC[C@H](CCC(=O)O)NC(=O)CCCC(=O)NCCOCCOCCOCCN)C(=O)NC[NH-].CCCCc1nc(C(=N)N)c(C(=N)OC(C)C)n1CC1CCC(C[NH-])CC1.OOCc1ccc(O)cc1.[W].[Y]. The average Bonchev–Trinajstić information content (AvgIpc) is 3.73. The van der Waals surface area contributed by atoms with Gasteiger partial charge in [0.15, 0.2) is 0 Å². The number of aromatic nitrogens is 2. The average molecular weight is 1340 g/mol. The summed E-state index contributed by atoms with van der Waals surface area (Å²) in [5, 5.41) is 62.5. The number of nitrogens with two attached hydrogens (primary N) is 2. The zero-order valence-corrected chi connectivity index (χ0v) is 51.2. The van der Waals surface area contributed by atoms with E-state index in [2.05, 4.69) is 42.6 Å². The third kappa shape index (κ3) is 34.9. The van der Waals surface area contributed by atoms with E-state index in [4.69, 9.17) is 68.2 Å². The fourth-order valence-corrected chi connectivity index (χ4v) is 7.63. The van der Waals surface area contributed by atoms with Crippen LogP contribution in [0.4, 0.5) is 0 Å². The smallest absolute Gasteiger partial charge is 0.303 e. The summed E-state index contributed by atoms with van der Waals surface area (Å²) in [4.78, 5) is 55.8. The topological polar surface area (TPSA) is 409 Å². The third-order valence-electron chi connectivity index (χ3n) is 11.6. The number of hydrogen-bond donors (Lipinski definition) is 12. The van der Waals surface area contributed by atoms with Gasteiger partial charge in [-0.15, -0.1) is 6.54 Å². The summed E-state index contributed by atoms with van der Waals surface area (Å²) in [6, 6.07) is 4.78. The molecule has 2 aromatic rings. The molecule has 1 aromatic carbocycles. The molecule has 1 radical (unpaired) electrons. The number of amides is 3. The number of phenolic OH excluding ortho intramolecular Hbond substituents is 1. The Morgan fingerprint density at radius 2 is 1.48 bits per heavy atom. The van der Waals surface area contributed by atoms with Gasteiger partial charge in [0.2, 0.25) is 23.6 Å². The number of ether oxygens (including phenoxy) is 4. The van der Waals surface area contributed by atoms with Crippen LogP contribution in [0.25, 0.3) is 11.5 Å². The molecule has 2 unspecified atom stereocenters. The molecule has 1 aliphatic carbocycles. The van der Waals surface area contributed by atoms with Gasteiger partial charge in [0, 0.05) is 112 Å². The zero-order chi connectivity index (χ0) is 56.0. The van der Waals surface area contributed by atoms with Crippen molar-refractivity contribution in [2.24, 2.45) is 23.3 Å². The first kappa shape index (κ1) is 75.5. The number of amidine groups is 1. The van der Waals surface area contributed by atoms with Crippen molar-refractivity contribution in [3.05, 3.63) is 58.5 Å². The van der Waals surface area contributed by atoms with Crippen LogP contribution in [0.5, 0.6) is 5.75 Å². The maximum atomic E-state index is 12.3. The van der Waals surface area contributed by atoms with Gasteiger partial charge >= 0.3 is 5.97 Å². The fraction of sp³-hybridized carbons (Fsp3) is 0.700. The molecule has 3 atom stereocenters. The molecular weight excluding hydrogens is 1250 g/mol. The second-order valence-corrected chi connectivity index (χ2v) is 18.3. The molecule has 1 aromatic heterocycles. The Labute approximate surface area is 493 Å². The molecule has 25 nitrogen and oxygen atoms in total. The van der Waals surface area contributed by atoms with Gasteiger partial charge in [-0.1, -0.05) is 50.9 Å². The number of aryl methyl sites for hydroxylation is 1. The normalized spacial score (nSPS) is 14.9. The number of carbonyl (C=O) groups excluding carboxylic acids is 3. The monoisotopic (exact) mass is 1340 g/mol. The third-order valence-corrected chi connectivity index (χ3v) is 11.6. The van der Waals surface area contributed by atoms with Gasteiger partial charge in [0.25, 0.3) is 0 Å². The molecule has 1 heterocycles. The molecule has 0 spiro atoms. The summed E-state index contributed by atoms with van der Waals surface area (Å²) >= 11 is 0. The number of carboxylic acids is 1. The predicted molar refractivity (Wildman–Crippen MR) is 283 cm³/mol. The Kier molecular flexibility index (Phi) is 45.3. The van der Waals surface area contributed by atoms with Crippen molar-refractivity contribution in [2.45, 2.75) is 142 Å². The van der Waals surface area contributed by atoms with E-state index in [0.717, 1.165) is 62.9 Å². The van der Waals surface area contributed by atoms with Crippen molar-refractivity contribution >= 4 is 35.4 Å². The van der Waals surface area contributed by atoms with Crippen LogP contribution in [0.15, 0.2) is 24.3 Å². The predicted octanol–water partition coefficient (Wildman–Crippen LogP) is 3.59. The maximum Gasteiger partial charge on any atom is 0.303 e. The molecule has 0 bridgehead atoms. The van der Waals surface area contributed by atoms with E-state index in [-0.39, 0.29) is 135 Å². The number of unbranched alkanes of at least 4 members (excludes halogenated alkanes) is 1. The number of nitrogens with one attached hydrogen (secondary N) is 8. The Morgan fingerprint density at radius 3 is 2.01 bits per heavy atom. The molecule has 3 rings (SSSR count). The van der Waals surface area contributed by atoms with E-state index in [1.807, 2.05) is 13.8 Å². The number of carbonyl (C=O) groups is 4. The molecule has 16 N–H and O–H groups in total. The number of benzene rings is 1. The number of aliphatic hydroxyl groups excluding tert-OH is 1. The van der Waals surface area contributed by atoms with Crippen molar-refractivity contribution in [1.82, 2.24) is 30.8 Å². The van der Waals surface area contributed by atoms with Crippen molar-refractivity contribution in [3.63, 3.8) is 0 Å². The minimum absolute atomic E-state index is 0. The number of carboxylic acid groups (broad SMARTS) is 1. The largest absolute Gasteiger partial charge is 0.677 e. The van der Waals surface area contributed by atoms with Gasteiger partial charge < -0.3 is 83.0 Å². The number of imidazole rings is 1. The molecule has 27 heteroatoms. The summed E-state index contributed by atoms with van der Waals surface area (Å²) in [5.41, 5.74) is 27.5. The number of nitrogens with zero attached hydrogens (tertiary/aromatic N) is 2. The maximum absolute atomic E-state index is 12.3. The van der Waals surface area contributed by atoms with Gasteiger partial charge in [-0.05, 0) is 76.5 Å². The second kappa shape index (κ2) is 46.2. The number of rotatable bonds is 36. The van der Waals surface area contributed by atoms with Crippen LogP contribution in [0, 0.1) is 22.7 Å². The fourth-order valence-electron chi connectivity index (χ4n) is 7.63. The van der Waals surface area contributed by atoms with Crippen LogP contribution >= 0.6 is 0 Å². The standard InChI is InChI=1S/C23H45N6O9.C20H35N6O.C7H8O3.W.Y/c1-17(30)22(23(35)28-16-25)27-15-18(5-6-21(33)34)29-20(32)4-2-3-19(31)26-8-10-37-12-14-38-13-11-36-9-7-24;1-4-5-6-16-25-17(19(22)23)18(20(24)27-13(2)3)26(16)12-15-9-7-14(11-21)8-10-15;8-7-3-1-6(2-4-7)5-10-9;;/h17-18,22,25,27,30H,2-16,24H2,1H3,(H,26,31)(H,28,35)(H,29,32)(H,33,34);13-15,21,24H,4-12H2,1-3H3,(H3,22,23);1-4,8-9H,5H2;;/q2*-1;;;/t17?,18-,22?;;;;/m0..../s1. The first-order valence-electron chi connectivity index (χ1n) is 25.8. The first-order chi connectivity index (χ1) is 35.9. The van der Waals surface area contributed by atoms with Gasteiger partial charge in [-0.2, -0.15) is 0 Å². The molecule has 1 aliphatic rings. The van der Waals surface area contributed by atoms with Crippen LogP contribution < -0.4 is 32.7 Å². The van der Waals surface area contributed by atoms with Crippen LogP contribution in [-0.2, 0) is 116 Å². The second-order valence-electron chi connectivity index (χ2n) is 18.3. The number of hydrogen-bond acceptors (Lipinski definition) is 17. The van der Waals surface area contributed by atoms with Crippen LogP contribution in [0.1, 0.15) is 121 Å². The van der Waals surface area contributed by atoms with Gasteiger partial charge in [-0.25, -0.2) is 9.87 Å². The van der Waals surface area contributed by atoms with Crippen molar-refractivity contribution < 1.29 is 117 Å². The van der Waals surface area contributed by atoms with Crippen LogP contribution in [0.3, 0.4) is 0 Å². The van der Waals surface area contributed by atoms with E-state index in [0.29, 0.717) is 88.9 Å². The van der Waals surface area contributed by atoms with E-state index in [1.54, 1.807) is 12.1 Å². The summed E-state index contributed by atoms with van der Waals surface area (Å²) in [7, 11) is 0. The Hall–Kier alpha value is -3.56. The minimum atomic E-state index is -1.07. The minimum Gasteiger partial charge on any atom is -0.677 e. The number of aromatic hydroxyl groups is 1. The van der Waals surface area contributed by atoms with Crippen molar-refractivity contribution in [2.75, 3.05) is 72.5 Å². The molecule has 0 aliphatic heterocycles. The molecule has 0 saturated heterocycles.